The molecule has 0 N–H and O–H groups in total. The summed E-state index contributed by atoms with van der Waals surface area (Å²) in [5.74, 6) is 0.599. The van der Waals surface area contributed by atoms with Crippen molar-refractivity contribution in [3.8, 4) is 22.6 Å². The Bertz CT molecular complexity index is 813. The van der Waals surface area contributed by atoms with Crippen LogP contribution in [-0.4, -0.2) is 19.7 Å². The number of halogens is 2. The van der Waals surface area contributed by atoms with Crippen molar-refractivity contribution in [2.75, 3.05) is 0 Å². The van der Waals surface area contributed by atoms with Gasteiger partial charge in [0, 0.05) is 34.9 Å². The lowest BCUT2D eigenvalue weighted by Crippen LogP contribution is -1.93. The molecule has 0 amide bonds. The second kappa shape index (κ2) is 5.58. The molecule has 1 aromatic carbocycles. The van der Waals surface area contributed by atoms with E-state index in [1.807, 2.05) is 38.4 Å². The normalized spacial score (nSPS) is 10.9. The second-order valence-corrected chi connectivity index (χ2v) is 6.01. The largest absolute Gasteiger partial charge is 0.275 e. The maximum Gasteiger partial charge on any atom is 0.161 e. The third kappa shape index (κ3) is 2.99. The molecule has 3 aromatic rings. The van der Waals surface area contributed by atoms with Crippen LogP contribution in [0, 0.1) is 6.92 Å². The van der Waals surface area contributed by atoms with E-state index in [0.29, 0.717) is 11.0 Å². The van der Waals surface area contributed by atoms with E-state index >= 15 is 0 Å². The summed E-state index contributed by atoms with van der Waals surface area (Å²) in [5.41, 5.74) is 3.75. The van der Waals surface area contributed by atoms with Gasteiger partial charge < -0.3 is 0 Å². The quantitative estimate of drug-likeness (QED) is 0.639. The van der Waals surface area contributed by atoms with E-state index in [2.05, 4.69) is 31.0 Å². The molecule has 0 aliphatic carbocycles. The van der Waals surface area contributed by atoms with Gasteiger partial charge in [0.15, 0.2) is 5.82 Å². The maximum atomic E-state index is 6.14. The molecule has 0 aliphatic rings. The molecule has 6 heteroatoms. The Hall–Kier alpha value is -1.72. The first-order valence-corrected chi connectivity index (χ1v) is 7.50. The fourth-order valence-corrected chi connectivity index (χ4v) is 2.54. The minimum Gasteiger partial charge on any atom is -0.275 e. The molecule has 0 fully saturated rings. The summed E-state index contributed by atoms with van der Waals surface area (Å²) in [4.78, 5) is 8.90. The lowest BCUT2D eigenvalue weighted by molar-refractivity contribution is 0.768. The molecule has 0 bridgehead atoms. The number of benzene rings is 1. The summed E-state index contributed by atoms with van der Waals surface area (Å²) >= 11 is 9.66. The van der Waals surface area contributed by atoms with Crippen LogP contribution in [0.2, 0.25) is 5.15 Å². The lowest BCUT2D eigenvalue weighted by Gasteiger charge is -2.06. The van der Waals surface area contributed by atoms with E-state index in [0.717, 1.165) is 26.9 Å². The van der Waals surface area contributed by atoms with Crippen LogP contribution in [0.4, 0.5) is 0 Å². The summed E-state index contributed by atoms with van der Waals surface area (Å²) in [6.07, 6.45) is 3.65. The van der Waals surface area contributed by atoms with Gasteiger partial charge >= 0.3 is 0 Å². The summed E-state index contributed by atoms with van der Waals surface area (Å²) in [6.45, 7) is 2.04. The number of aryl methyl sites for hydroxylation is 2. The van der Waals surface area contributed by atoms with Crippen LogP contribution in [0.15, 0.2) is 41.1 Å². The van der Waals surface area contributed by atoms with Crippen molar-refractivity contribution in [1.29, 1.82) is 0 Å². The Labute approximate surface area is 135 Å². The number of hydrogen-bond acceptors (Lipinski definition) is 3. The molecule has 106 valence electrons. The fraction of sp³-hybridized carbons (Fsp3) is 0.133. The first-order chi connectivity index (χ1) is 10.0. The summed E-state index contributed by atoms with van der Waals surface area (Å²) in [6, 6.07) is 7.74. The Kier molecular flexibility index (Phi) is 3.78. The van der Waals surface area contributed by atoms with Gasteiger partial charge in [-0.05, 0) is 18.6 Å². The maximum absolute atomic E-state index is 6.14. The van der Waals surface area contributed by atoms with E-state index in [1.54, 1.807) is 16.9 Å². The Balaban J connectivity index is 2.11. The first-order valence-electron chi connectivity index (χ1n) is 6.33. The van der Waals surface area contributed by atoms with Crippen LogP contribution in [0.3, 0.4) is 0 Å². The molecule has 2 aromatic heterocycles. The standard InChI is InChI=1S/C15H12BrClN4/c1-9-3-4-10(5-12(9)16)15-19-13(6-14(17)20-15)11-7-18-21(2)8-11/h3-8H,1-2H3. The highest BCUT2D eigenvalue weighted by Crippen LogP contribution is 2.27. The molecule has 0 spiro atoms. The molecule has 0 atom stereocenters. The first kappa shape index (κ1) is 14.2. The molecule has 0 saturated heterocycles. The van der Waals surface area contributed by atoms with Crippen molar-refractivity contribution in [1.82, 2.24) is 19.7 Å². The molecule has 0 aliphatic heterocycles. The number of nitrogens with zero attached hydrogens (tertiary/aromatic N) is 4. The lowest BCUT2D eigenvalue weighted by atomic mass is 10.1. The van der Waals surface area contributed by atoms with E-state index in [1.165, 1.54) is 0 Å². The summed E-state index contributed by atoms with van der Waals surface area (Å²) in [7, 11) is 1.87. The van der Waals surface area contributed by atoms with Gasteiger partial charge in [0.1, 0.15) is 5.15 Å². The Morgan fingerprint density at radius 2 is 1.95 bits per heavy atom. The van der Waals surface area contributed by atoms with Crippen LogP contribution < -0.4 is 0 Å². The van der Waals surface area contributed by atoms with Crippen molar-refractivity contribution in [2.24, 2.45) is 7.05 Å². The minimum atomic E-state index is 0.413. The van der Waals surface area contributed by atoms with Crippen LogP contribution in [-0.2, 0) is 7.05 Å². The van der Waals surface area contributed by atoms with Crippen molar-refractivity contribution in [3.63, 3.8) is 0 Å². The van der Waals surface area contributed by atoms with Gasteiger partial charge in [0.25, 0.3) is 0 Å². The molecular weight excluding hydrogens is 352 g/mol. The van der Waals surface area contributed by atoms with Crippen LogP contribution in [0.25, 0.3) is 22.6 Å². The minimum absolute atomic E-state index is 0.413. The summed E-state index contributed by atoms with van der Waals surface area (Å²) < 4.78 is 2.75. The Morgan fingerprint density at radius 3 is 2.62 bits per heavy atom. The third-order valence-corrected chi connectivity index (χ3v) is 4.17. The van der Waals surface area contributed by atoms with Gasteiger partial charge in [-0.2, -0.15) is 5.10 Å². The van der Waals surface area contributed by atoms with Crippen molar-refractivity contribution in [3.05, 3.63) is 51.8 Å². The van der Waals surface area contributed by atoms with Gasteiger partial charge in [-0.3, -0.25) is 4.68 Å². The number of hydrogen-bond donors (Lipinski definition) is 0. The summed E-state index contributed by atoms with van der Waals surface area (Å²) in [5, 5.41) is 4.57. The smallest absolute Gasteiger partial charge is 0.161 e. The second-order valence-electron chi connectivity index (χ2n) is 4.77. The number of aromatic nitrogens is 4. The van der Waals surface area contributed by atoms with Gasteiger partial charge in [-0.25, -0.2) is 9.97 Å². The highest BCUT2D eigenvalue weighted by Gasteiger charge is 2.10. The molecular formula is C15H12BrClN4. The van der Waals surface area contributed by atoms with Gasteiger partial charge in [0.05, 0.1) is 11.9 Å². The fourth-order valence-electron chi connectivity index (χ4n) is 1.98. The van der Waals surface area contributed by atoms with Crippen LogP contribution in [0.5, 0.6) is 0 Å². The predicted octanol–water partition coefficient (Wildman–Crippen LogP) is 4.27. The molecule has 21 heavy (non-hydrogen) atoms. The van der Waals surface area contributed by atoms with Crippen LogP contribution >= 0.6 is 27.5 Å². The van der Waals surface area contributed by atoms with E-state index in [4.69, 9.17) is 11.6 Å². The highest BCUT2D eigenvalue weighted by molar-refractivity contribution is 9.10. The van der Waals surface area contributed by atoms with Gasteiger partial charge in [0.2, 0.25) is 0 Å². The monoisotopic (exact) mass is 362 g/mol. The predicted molar refractivity (Wildman–Crippen MR) is 87.1 cm³/mol. The van der Waals surface area contributed by atoms with Crippen LogP contribution in [0.1, 0.15) is 5.56 Å². The molecule has 0 radical (unpaired) electrons. The molecule has 3 rings (SSSR count). The van der Waals surface area contributed by atoms with E-state index in [-0.39, 0.29) is 0 Å². The van der Waals surface area contributed by atoms with Crippen molar-refractivity contribution < 1.29 is 0 Å². The van der Waals surface area contributed by atoms with E-state index < -0.39 is 0 Å². The Morgan fingerprint density at radius 1 is 1.14 bits per heavy atom. The zero-order valence-corrected chi connectivity index (χ0v) is 13.9. The average Bonchev–Trinajstić information content (AvgIpc) is 2.88. The molecule has 0 saturated carbocycles. The molecule has 4 nitrogen and oxygen atoms in total. The molecule has 2 heterocycles. The highest BCUT2D eigenvalue weighted by atomic mass is 79.9. The zero-order valence-electron chi connectivity index (χ0n) is 11.5. The topological polar surface area (TPSA) is 43.6 Å². The molecule has 0 unspecified atom stereocenters. The average molecular weight is 364 g/mol. The van der Waals surface area contributed by atoms with Crippen molar-refractivity contribution >= 4 is 27.5 Å². The third-order valence-electron chi connectivity index (χ3n) is 3.13. The van der Waals surface area contributed by atoms with Crippen molar-refractivity contribution in [2.45, 2.75) is 6.92 Å². The zero-order chi connectivity index (χ0) is 15.0. The van der Waals surface area contributed by atoms with Gasteiger partial charge in [-0.1, -0.05) is 39.7 Å². The van der Waals surface area contributed by atoms with Gasteiger partial charge in [-0.15, -0.1) is 0 Å². The van der Waals surface area contributed by atoms with E-state index in [9.17, 15) is 0 Å². The number of rotatable bonds is 2. The SMILES string of the molecule is Cc1ccc(-c2nc(Cl)cc(-c3cnn(C)c3)n2)cc1Br.